The first-order valence-corrected chi connectivity index (χ1v) is 8.93. The zero-order chi connectivity index (χ0) is 16.4. The molecule has 1 heterocycles. The molecular weight excluding hydrogens is 300 g/mol. The van der Waals surface area contributed by atoms with Crippen LogP contribution in [0.25, 0.3) is 10.8 Å². The van der Waals surface area contributed by atoms with Crippen molar-refractivity contribution in [1.82, 2.24) is 10.6 Å². The Morgan fingerprint density at radius 3 is 2.79 bits per heavy atom. The fourth-order valence-electron chi connectivity index (χ4n) is 3.60. The van der Waals surface area contributed by atoms with Crippen LogP contribution in [-0.2, 0) is 4.74 Å². The molecule has 126 valence electrons. The molecule has 24 heavy (non-hydrogen) atoms. The van der Waals surface area contributed by atoms with E-state index in [9.17, 15) is 4.79 Å². The van der Waals surface area contributed by atoms with Crippen molar-refractivity contribution in [1.29, 1.82) is 0 Å². The molecule has 4 nitrogen and oxygen atoms in total. The number of hydrogen-bond donors (Lipinski definition) is 2. The third-order valence-corrected chi connectivity index (χ3v) is 5.10. The molecule has 2 aromatic rings. The minimum Gasteiger partial charge on any atom is -0.381 e. The summed E-state index contributed by atoms with van der Waals surface area (Å²) in [6.45, 7) is 1.56. The summed E-state index contributed by atoms with van der Waals surface area (Å²) >= 11 is 0. The normalized spacial score (nSPS) is 26.6. The van der Waals surface area contributed by atoms with Crippen molar-refractivity contribution in [3.8, 4) is 0 Å². The fourth-order valence-corrected chi connectivity index (χ4v) is 3.60. The molecule has 1 saturated heterocycles. The lowest BCUT2D eigenvalue weighted by Crippen LogP contribution is -2.43. The van der Waals surface area contributed by atoms with Crippen LogP contribution in [0.15, 0.2) is 42.5 Å². The SMILES string of the molecule is O=C(NC1CCCOCC1)N[C@@H]1C[C@H]1c1ccc2ccccc2c1. The molecule has 2 aliphatic rings. The summed E-state index contributed by atoms with van der Waals surface area (Å²) in [4.78, 5) is 12.2. The minimum absolute atomic E-state index is 0.0322. The molecule has 3 atom stereocenters. The average Bonchev–Trinajstić information content (AvgIpc) is 3.39. The van der Waals surface area contributed by atoms with Crippen LogP contribution in [0.3, 0.4) is 0 Å². The smallest absolute Gasteiger partial charge is 0.315 e. The molecule has 4 heteroatoms. The van der Waals surface area contributed by atoms with Crippen molar-refractivity contribution in [3.05, 3.63) is 48.0 Å². The maximum absolute atomic E-state index is 12.2. The molecule has 0 bridgehead atoms. The number of carbonyl (C=O) groups excluding carboxylic acids is 1. The predicted molar refractivity (Wildman–Crippen MR) is 95.2 cm³/mol. The van der Waals surface area contributed by atoms with Gasteiger partial charge in [0.25, 0.3) is 0 Å². The van der Waals surface area contributed by atoms with Gasteiger partial charge in [0.2, 0.25) is 0 Å². The van der Waals surface area contributed by atoms with E-state index in [0.29, 0.717) is 5.92 Å². The largest absolute Gasteiger partial charge is 0.381 e. The topological polar surface area (TPSA) is 50.4 Å². The Labute approximate surface area is 142 Å². The van der Waals surface area contributed by atoms with Gasteiger partial charge in [-0.1, -0.05) is 42.5 Å². The highest BCUT2D eigenvalue weighted by atomic mass is 16.5. The summed E-state index contributed by atoms with van der Waals surface area (Å²) in [5, 5.41) is 8.76. The zero-order valence-electron chi connectivity index (χ0n) is 13.8. The van der Waals surface area contributed by atoms with Crippen LogP contribution in [0, 0.1) is 0 Å². The van der Waals surface area contributed by atoms with Gasteiger partial charge in [-0.05, 0) is 42.0 Å². The summed E-state index contributed by atoms with van der Waals surface area (Å²) in [5.41, 5.74) is 1.32. The summed E-state index contributed by atoms with van der Waals surface area (Å²) < 4.78 is 5.44. The first-order chi connectivity index (χ1) is 11.8. The van der Waals surface area contributed by atoms with Crippen molar-refractivity contribution in [3.63, 3.8) is 0 Å². The van der Waals surface area contributed by atoms with Gasteiger partial charge in [0.1, 0.15) is 0 Å². The Balaban J connectivity index is 1.33. The molecular formula is C20H24N2O2. The van der Waals surface area contributed by atoms with Crippen molar-refractivity contribution in [2.24, 2.45) is 0 Å². The van der Waals surface area contributed by atoms with E-state index in [1.54, 1.807) is 0 Å². The van der Waals surface area contributed by atoms with E-state index in [1.165, 1.54) is 16.3 Å². The van der Waals surface area contributed by atoms with Crippen LogP contribution < -0.4 is 10.6 Å². The van der Waals surface area contributed by atoms with Gasteiger partial charge >= 0.3 is 6.03 Å². The number of nitrogens with one attached hydrogen (secondary N) is 2. The van der Waals surface area contributed by atoms with Gasteiger partial charge in [-0.25, -0.2) is 4.79 Å². The standard InChI is InChI=1S/C20H24N2O2/c23-20(21-17-6-3-10-24-11-9-17)22-19-13-18(19)16-8-7-14-4-1-2-5-15(14)12-16/h1-2,4-5,7-8,12,17-19H,3,6,9-11,13H2,(H2,21,22,23)/t17?,18-,19+/m0/s1. The number of amides is 2. The molecule has 0 aromatic heterocycles. The second kappa shape index (κ2) is 6.81. The van der Waals surface area contributed by atoms with Gasteiger partial charge in [-0.3, -0.25) is 0 Å². The highest BCUT2D eigenvalue weighted by Gasteiger charge is 2.39. The number of hydrogen-bond acceptors (Lipinski definition) is 2. The molecule has 2 N–H and O–H groups in total. The quantitative estimate of drug-likeness (QED) is 0.907. The lowest BCUT2D eigenvalue weighted by atomic mass is 10.0. The fraction of sp³-hybridized carbons (Fsp3) is 0.450. The lowest BCUT2D eigenvalue weighted by molar-refractivity contribution is 0.143. The lowest BCUT2D eigenvalue weighted by Gasteiger charge is -2.16. The second-order valence-corrected chi connectivity index (χ2v) is 6.91. The number of carbonyl (C=O) groups is 1. The molecule has 2 amide bonds. The Hall–Kier alpha value is -2.07. The second-order valence-electron chi connectivity index (χ2n) is 6.91. The van der Waals surface area contributed by atoms with Crippen LogP contribution in [0.1, 0.15) is 37.2 Å². The van der Waals surface area contributed by atoms with E-state index in [1.807, 2.05) is 0 Å². The number of benzene rings is 2. The van der Waals surface area contributed by atoms with E-state index in [2.05, 4.69) is 53.1 Å². The average molecular weight is 324 g/mol. The monoisotopic (exact) mass is 324 g/mol. The van der Waals surface area contributed by atoms with Crippen molar-refractivity contribution in [2.45, 2.75) is 43.7 Å². The van der Waals surface area contributed by atoms with Gasteiger partial charge in [0.05, 0.1) is 0 Å². The first-order valence-electron chi connectivity index (χ1n) is 8.93. The highest BCUT2D eigenvalue weighted by molar-refractivity contribution is 5.83. The summed E-state index contributed by atoms with van der Waals surface area (Å²) in [6, 6.07) is 15.5. The van der Waals surface area contributed by atoms with Gasteiger partial charge in [0.15, 0.2) is 0 Å². The van der Waals surface area contributed by atoms with Crippen LogP contribution in [0.2, 0.25) is 0 Å². The van der Waals surface area contributed by atoms with E-state index >= 15 is 0 Å². The zero-order valence-corrected chi connectivity index (χ0v) is 13.8. The number of fused-ring (bicyclic) bond motifs is 1. The van der Waals surface area contributed by atoms with Gasteiger partial charge in [0, 0.05) is 31.2 Å². The Bertz CT molecular complexity index is 722. The summed E-state index contributed by atoms with van der Waals surface area (Å²) in [5.74, 6) is 0.442. The maximum atomic E-state index is 12.2. The van der Waals surface area contributed by atoms with Crippen molar-refractivity contribution < 1.29 is 9.53 Å². The molecule has 1 aliphatic heterocycles. The predicted octanol–water partition coefficient (Wildman–Crippen LogP) is 3.56. The number of urea groups is 1. The van der Waals surface area contributed by atoms with Crippen LogP contribution >= 0.6 is 0 Å². The molecule has 1 aliphatic carbocycles. The third-order valence-electron chi connectivity index (χ3n) is 5.10. The molecule has 2 fully saturated rings. The van der Waals surface area contributed by atoms with Crippen molar-refractivity contribution in [2.75, 3.05) is 13.2 Å². The van der Waals surface area contributed by atoms with Gasteiger partial charge in [-0.2, -0.15) is 0 Å². The third kappa shape index (κ3) is 3.54. The molecule has 0 radical (unpaired) electrons. The number of rotatable bonds is 3. The van der Waals surface area contributed by atoms with E-state index in [4.69, 9.17) is 4.74 Å². The van der Waals surface area contributed by atoms with Crippen LogP contribution in [0.4, 0.5) is 4.79 Å². The minimum atomic E-state index is -0.0322. The van der Waals surface area contributed by atoms with E-state index in [0.717, 1.165) is 38.9 Å². The first kappa shape index (κ1) is 15.5. The molecule has 2 aromatic carbocycles. The number of ether oxygens (including phenoxy) is 1. The summed E-state index contributed by atoms with van der Waals surface area (Å²) in [7, 11) is 0. The molecule has 1 saturated carbocycles. The maximum Gasteiger partial charge on any atom is 0.315 e. The van der Waals surface area contributed by atoms with E-state index < -0.39 is 0 Å². The van der Waals surface area contributed by atoms with Crippen LogP contribution in [0.5, 0.6) is 0 Å². The molecule has 4 rings (SSSR count). The van der Waals surface area contributed by atoms with Gasteiger partial charge in [-0.15, -0.1) is 0 Å². The summed E-state index contributed by atoms with van der Waals surface area (Å²) in [6.07, 6.45) is 3.96. The van der Waals surface area contributed by atoms with Crippen molar-refractivity contribution >= 4 is 16.8 Å². The molecule has 1 unspecified atom stereocenters. The highest BCUT2D eigenvalue weighted by Crippen LogP contribution is 2.41. The molecule has 0 spiro atoms. The Morgan fingerprint density at radius 1 is 1.00 bits per heavy atom. The Morgan fingerprint density at radius 2 is 1.88 bits per heavy atom. The van der Waals surface area contributed by atoms with Gasteiger partial charge < -0.3 is 15.4 Å². The van der Waals surface area contributed by atoms with E-state index in [-0.39, 0.29) is 18.1 Å². The Kier molecular flexibility index (Phi) is 4.39. The van der Waals surface area contributed by atoms with Crippen LogP contribution in [-0.4, -0.2) is 31.3 Å².